The quantitative estimate of drug-likeness (QED) is 0.444. The van der Waals surface area contributed by atoms with Crippen molar-refractivity contribution >= 4 is 5.90 Å². The number of halogens is 3. The van der Waals surface area contributed by atoms with Crippen LogP contribution in [0.5, 0.6) is 0 Å². The van der Waals surface area contributed by atoms with Crippen molar-refractivity contribution in [2.24, 2.45) is 22.7 Å². The van der Waals surface area contributed by atoms with E-state index in [9.17, 15) is 8.78 Å². The Kier molecular flexibility index (Phi) is 6.24. The molecule has 4 atom stereocenters. The predicted molar refractivity (Wildman–Crippen MR) is 130 cm³/mol. The van der Waals surface area contributed by atoms with E-state index in [1.807, 2.05) is 19.9 Å². The van der Waals surface area contributed by atoms with Crippen molar-refractivity contribution in [2.45, 2.75) is 77.2 Å². The topological polar surface area (TPSA) is 21.6 Å². The highest BCUT2D eigenvalue weighted by Crippen LogP contribution is 2.48. The van der Waals surface area contributed by atoms with Crippen molar-refractivity contribution in [1.29, 1.82) is 0 Å². The molecule has 0 saturated heterocycles. The monoisotopic (exact) mass is 469 g/mol. The van der Waals surface area contributed by atoms with Crippen molar-refractivity contribution in [2.75, 3.05) is 6.61 Å². The highest BCUT2D eigenvalue weighted by molar-refractivity contribution is 5.96. The van der Waals surface area contributed by atoms with Crippen LogP contribution in [0.15, 0.2) is 35.3 Å². The number of ether oxygens (including phenoxy) is 1. The summed E-state index contributed by atoms with van der Waals surface area (Å²) in [5.41, 5.74) is 0.581. The fraction of sp³-hybridized carbons (Fsp3) is 0.552. The van der Waals surface area contributed by atoms with E-state index in [2.05, 4.69) is 11.9 Å². The number of hydrogen-bond donors (Lipinski definition) is 0. The van der Waals surface area contributed by atoms with Gasteiger partial charge in [0, 0.05) is 5.56 Å². The Labute approximate surface area is 200 Å². The first-order valence-corrected chi connectivity index (χ1v) is 12.8. The Hall–Kier alpha value is -2.30. The summed E-state index contributed by atoms with van der Waals surface area (Å²) in [5.74, 6) is 0.739. The van der Waals surface area contributed by atoms with Gasteiger partial charge < -0.3 is 4.74 Å². The molecule has 182 valence electrons. The molecule has 2 aliphatic carbocycles. The molecule has 0 spiro atoms. The molecule has 2 aromatic carbocycles. The fourth-order valence-corrected chi connectivity index (χ4v) is 6.32. The van der Waals surface area contributed by atoms with Crippen LogP contribution in [-0.2, 0) is 4.74 Å². The van der Waals surface area contributed by atoms with E-state index in [0.29, 0.717) is 5.92 Å². The third-order valence-electron chi connectivity index (χ3n) is 8.30. The number of rotatable bonds is 4. The molecule has 3 aliphatic rings. The van der Waals surface area contributed by atoms with E-state index in [1.54, 1.807) is 12.1 Å². The minimum Gasteiger partial charge on any atom is -0.475 e. The average Bonchev–Trinajstić information content (AvgIpc) is 3.16. The molecule has 0 aromatic heterocycles. The van der Waals surface area contributed by atoms with Gasteiger partial charge in [0.05, 0.1) is 5.54 Å². The van der Waals surface area contributed by atoms with Gasteiger partial charge in [-0.25, -0.2) is 18.2 Å². The third kappa shape index (κ3) is 4.50. The SMILES string of the molecule is CCC1CC[C@@H]2C[C@H](c3ccc(-c4cc(F)c(C5=NC(C)(C)CO5)c(F)c4)c(F)c3)CC[C@@H]2C1. The smallest absolute Gasteiger partial charge is 0.222 e. The molecule has 1 aliphatic heterocycles. The van der Waals surface area contributed by atoms with Gasteiger partial charge in [0.15, 0.2) is 0 Å². The first-order valence-electron chi connectivity index (χ1n) is 12.8. The van der Waals surface area contributed by atoms with Crippen LogP contribution in [0.25, 0.3) is 11.1 Å². The number of aliphatic imine (C=N–C) groups is 1. The summed E-state index contributed by atoms with van der Waals surface area (Å²) in [4.78, 5) is 4.27. The standard InChI is InChI=1S/C29H34F3NO/c1-4-17-5-6-19-12-20(8-7-18(19)11-17)21-9-10-23(24(30)13-21)22-14-25(31)27(26(32)15-22)28-33-29(2,3)16-34-28/h9-10,13-15,17-20H,4-8,11-12,16H2,1-3H3/t17?,18-,19-,20-/m1/s1. The van der Waals surface area contributed by atoms with Gasteiger partial charge in [-0.3, -0.25) is 0 Å². The lowest BCUT2D eigenvalue weighted by Crippen LogP contribution is -2.30. The molecule has 2 fully saturated rings. The van der Waals surface area contributed by atoms with E-state index in [0.717, 1.165) is 36.2 Å². The Bertz CT molecular complexity index is 1090. The Balaban J connectivity index is 1.36. The largest absolute Gasteiger partial charge is 0.475 e. The van der Waals surface area contributed by atoms with E-state index < -0.39 is 23.0 Å². The second-order valence-corrected chi connectivity index (χ2v) is 11.2. The van der Waals surface area contributed by atoms with Gasteiger partial charge in [-0.1, -0.05) is 31.9 Å². The van der Waals surface area contributed by atoms with Crippen LogP contribution in [0.4, 0.5) is 13.2 Å². The van der Waals surface area contributed by atoms with Gasteiger partial charge in [-0.2, -0.15) is 0 Å². The average molecular weight is 470 g/mol. The minimum atomic E-state index is -0.795. The molecular weight excluding hydrogens is 435 g/mol. The molecule has 5 heteroatoms. The summed E-state index contributed by atoms with van der Waals surface area (Å²) in [6.07, 6.45) is 8.67. The third-order valence-corrected chi connectivity index (χ3v) is 8.30. The fourth-order valence-electron chi connectivity index (χ4n) is 6.32. The van der Waals surface area contributed by atoms with Gasteiger partial charge in [0.25, 0.3) is 0 Å². The molecule has 34 heavy (non-hydrogen) atoms. The summed E-state index contributed by atoms with van der Waals surface area (Å²) in [6, 6.07) is 7.54. The van der Waals surface area contributed by atoms with Crippen LogP contribution < -0.4 is 0 Å². The van der Waals surface area contributed by atoms with Crippen LogP contribution in [0.3, 0.4) is 0 Å². The molecule has 0 radical (unpaired) electrons. The van der Waals surface area contributed by atoms with Gasteiger partial charge in [-0.15, -0.1) is 0 Å². The molecular formula is C29H34F3NO. The summed E-state index contributed by atoms with van der Waals surface area (Å²) in [5, 5.41) is 0. The second-order valence-electron chi connectivity index (χ2n) is 11.2. The van der Waals surface area contributed by atoms with E-state index in [4.69, 9.17) is 4.74 Å². The van der Waals surface area contributed by atoms with Crippen LogP contribution in [0.1, 0.15) is 82.8 Å². The highest BCUT2D eigenvalue weighted by atomic mass is 19.1. The lowest BCUT2D eigenvalue weighted by Gasteiger charge is -2.42. The summed E-state index contributed by atoms with van der Waals surface area (Å²) in [7, 11) is 0. The number of fused-ring (bicyclic) bond motifs is 1. The maximum Gasteiger partial charge on any atom is 0.222 e. The molecule has 2 nitrogen and oxygen atoms in total. The normalized spacial score (nSPS) is 28.2. The zero-order valence-corrected chi connectivity index (χ0v) is 20.3. The first kappa shape index (κ1) is 23.4. The van der Waals surface area contributed by atoms with Crippen LogP contribution in [0.2, 0.25) is 0 Å². The summed E-state index contributed by atoms with van der Waals surface area (Å²) in [6.45, 7) is 6.23. The van der Waals surface area contributed by atoms with Gasteiger partial charge in [-0.05, 0) is 98.9 Å². The molecule has 2 aromatic rings. The molecule has 1 heterocycles. The molecule has 0 amide bonds. The van der Waals surface area contributed by atoms with Gasteiger partial charge >= 0.3 is 0 Å². The summed E-state index contributed by atoms with van der Waals surface area (Å²) < 4.78 is 50.4. The van der Waals surface area contributed by atoms with Crippen molar-refractivity contribution in [3.8, 4) is 11.1 Å². The van der Waals surface area contributed by atoms with Crippen molar-refractivity contribution in [3.05, 3.63) is 58.9 Å². The molecule has 0 bridgehead atoms. The molecule has 2 saturated carbocycles. The van der Waals surface area contributed by atoms with Crippen molar-refractivity contribution < 1.29 is 17.9 Å². The predicted octanol–water partition coefficient (Wildman–Crippen LogP) is 8.04. The summed E-state index contributed by atoms with van der Waals surface area (Å²) >= 11 is 0. The maximum atomic E-state index is 15.2. The second kappa shape index (κ2) is 9.05. The van der Waals surface area contributed by atoms with Crippen LogP contribution in [0, 0.1) is 35.2 Å². The Morgan fingerprint density at radius 1 is 0.912 bits per heavy atom. The Morgan fingerprint density at radius 3 is 2.26 bits per heavy atom. The van der Waals surface area contributed by atoms with E-state index in [1.165, 1.54) is 44.2 Å². The molecule has 0 N–H and O–H groups in total. The van der Waals surface area contributed by atoms with Crippen LogP contribution >= 0.6 is 0 Å². The van der Waals surface area contributed by atoms with Crippen molar-refractivity contribution in [3.63, 3.8) is 0 Å². The number of benzene rings is 2. The zero-order valence-electron chi connectivity index (χ0n) is 20.3. The van der Waals surface area contributed by atoms with E-state index in [-0.39, 0.29) is 29.2 Å². The zero-order chi connectivity index (χ0) is 24.0. The Morgan fingerprint density at radius 2 is 1.62 bits per heavy atom. The number of nitrogens with zero attached hydrogens (tertiary/aromatic N) is 1. The maximum absolute atomic E-state index is 15.2. The lowest BCUT2D eigenvalue weighted by molar-refractivity contribution is 0.116. The highest BCUT2D eigenvalue weighted by Gasteiger charge is 2.36. The number of hydrogen-bond acceptors (Lipinski definition) is 2. The lowest BCUT2D eigenvalue weighted by atomic mass is 9.63. The molecule has 5 rings (SSSR count). The van der Waals surface area contributed by atoms with Gasteiger partial charge in [0.2, 0.25) is 5.90 Å². The minimum absolute atomic E-state index is 0.0362. The van der Waals surface area contributed by atoms with E-state index >= 15 is 4.39 Å². The van der Waals surface area contributed by atoms with Crippen LogP contribution in [-0.4, -0.2) is 18.0 Å². The van der Waals surface area contributed by atoms with Crippen molar-refractivity contribution in [1.82, 2.24) is 0 Å². The first-order chi connectivity index (χ1) is 16.2. The van der Waals surface area contributed by atoms with Gasteiger partial charge in [0.1, 0.15) is 29.6 Å². The molecule has 1 unspecified atom stereocenters.